The van der Waals surface area contributed by atoms with Crippen molar-refractivity contribution in [3.05, 3.63) is 18.0 Å². The molecule has 1 saturated heterocycles. The van der Waals surface area contributed by atoms with Crippen molar-refractivity contribution in [3.63, 3.8) is 0 Å². The van der Waals surface area contributed by atoms with E-state index in [1.807, 2.05) is 6.07 Å². The van der Waals surface area contributed by atoms with Gasteiger partial charge >= 0.3 is 0 Å². The summed E-state index contributed by atoms with van der Waals surface area (Å²) >= 11 is 0. The van der Waals surface area contributed by atoms with Gasteiger partial charge in [-0.1, -0.05) is 0 Å². The Bertz CT molecular complexity index is 274. The maximum atomic E-state index is 3.96. The molecule has 4 heteroatoms. The minimum absolute atomic E-state index is 0.297. The number of nitrogens with zero attached hydrogens (tertiary/aromatic N) is 2. The summed E-state index contributed by atoms with van der Waals surface area (Å²) in [5.74, 6) is 0. The van der Waals surface area contributed by atoms with Crippen LogP contribution < -0.4 is 5.32 Å². The Hall–Kier alpha value is -0.870. The molecule has 0 aliphatic carbocycles. The van der Waals surface area contributed by atoms with Crippen molar-refractivity contribution >= 4 is 0 Å². The largest absolute Gasteiger partial charge is 0.315 e. The van der Waals surface area contributed by atoms with Gasteiger partial charge in [0.1, 0.15) is 0 Å². The zero-order chi connectivity index (χ0) is 10.0. The Morgan fingerprint density at radius 2 is 2.50 bits per heavy atom. The van der Waals surface area contributed by atoms with Crippen molar-refractivity contribution in [1.82, 2.24) is 20.4 Å². The molecular weight excluding hydrogens is 176 g/mol. The molecule has 1 aromatic heterocycles. The second-order valence-corrected chi connectivity index (χ2v) is 4.36. The lowest BCUT2D eigenvalue weighted by Gasteiger charge is -2.34. The fourth-order valence-corrected chi connectivity index (χ4v) is 1.95. The molecule has 2 N–H and O–H groups in total. The Morgan fingerprint density at radius 1 is 1.64 bits per heavy atom. The van der Waals surface area contributed by atoms with E-state index in [9.17, 15) is 0 Å². The Labute approximate surface area is 84.7 Å². The van der Waals surface area contributed by atoms with Gasteiger partial charge in [-0.2, -0.15) is 5.10 Å². The van der Waals surface area contributed by atoms with Crippen LogP contribution in [0.1, 0.15) is 19.0 Å². The van der Waals surface area contributed by atoms with Gasteiger partial charge in [-0.25, -0.2) is 0 Å². The quantitative estimate of drug-likeness (QED) is 0.740. The van der Waals surface area contributed by atoms with Gasteiger partial charge in [-0.3, -0.25) is 10.00 Å². The molecule has 14 heavy (non-hydrogen) atoms. The van der Waals surface area contributed by atoms with E-state index in [4.69, 9.17) is 0 Å². The first-order chi connectivity index (χ1) is 6.71. The van der Waals surface area contributed by atoms with Crippen LogP contribution in [0.5, 0.6) is 0 Å². The number of rotatable bonds is 3. The smallest absolute Gasteiger partial charge is 0.0492 e. The predicted molar refractivity (Wildman–Crippen MR) is 55.9 cm³/mol. The molecule has 1 fully saturated rings. The zero-order valence-electron chi connectivity index (χ0n) is 8.88. The van der Waals surface area contributed by atoms with Gasteiger partial charge in [0.2, 0.25) is 0 Å². The van der Waals surface area contributed by atoms with Crippen LogP contribution in [-0.4, -0.2) is 40.8 Å². The van der Waals surface area contributed by atoms with E-state index < -0.39 is 0 Å². The summed E-state index contributed by atoms with van der Waals surface area (Å²) in [7, 11) is 2.17. The average Bonchev–Trinajstić information content (AvgIpc) is 2.76. The van der Waals surface area contributed by atoms with Gasteiger partial charge in [-0.05, 0) is 33.0 Å². The fraction of sp³-hybridized carbons (Fsp3) is 0.700. The van der Waals surface area contributed by atoms with Crippen molar-refractivity contribution in [2.45, 2.75) is 25.4 Å². The summed E-state index contributed by atoms with van der Waals surface area (Å²) < 4.78 is 0. The molecular formula is C10H18N4. The molecule has 0 bridgehead atoms. The van der Waals surface area contributed by atoms with E-state index in [2.05, 4.69) is 34.4 Å². The molecule has 4 nitrogen and oxygen atoms in total. The van der Waals surface area contributed by atoms with E-state index in [0.29, 0.717) is 5.54 Å². The molecule has 0 spiro atoms. The molecule has 1 aliphatic rings. The number of nitrogens with one attached hydrogen (secondary N) is 2. The highest BCUT2D eigenvalue weighted by Crippen LogP contribution is 2.22. The van der Waals surface area contributed by atoms with Gasteiger partial charge in [0.25, 0.3) is 0 Å². The van der Waals surface area contributed by atoms with E-state index in [0.717, 1.165) is 19.6 Å². The van der Waals surface area contributed by atoms with Gasteiger partial charge < -0.3 is 5.32 Å². The number of aromatic nitrogens is 2. The average molecular weight is 194 g/mol. The molecule has 0 saturated carbocycles. The Balaban J connectivity index is 1.98. The lowest BCUT2D eigenvalue weighted by atomic mass is 9.99. The van der Waals surface area contributed by atoms with E-state index in [-0.39, 0.29) is 0 Å². The normalized spacial score (nSPS) is 27.4. The lowest BCUT2D eigenvalue weighted by Crippen LogP contribution is -2.45. The lowest BCUT2D eigenvalue weighted by molar-refractivity contribution is 0.147. The fourth-order valence-electron chi connectivity index (χ4n) is 1.95. The predicted octanol–water partition coefficient (Wildman–Crippen LogP) is 0.593. The van der Waals surface area contributed by atoms with Crippen LogP contribution in [-0.2, 0) is 6.54 Å². The number of likely N-dealkylation sites (N-methyl/N-ethyl adjacent to an activating group) is 1. The van der Waals surface area contributed by atoms with Crippen molar-refractivity contribution in [2.24, 2.45) is 0 Å². The number of H-pyrrole nitrogens is 1. The van der Waals surface area contributed by atoms with Crippen LogP contribution in [0.3, 0.4) is 0 Å². The summed E-state index contributed by atoms with van der Waals surface area (Å²) in [6.07, 6.45) is 3.02. The number of hydrogen-bond donors (Lipinski definition) is 2. The van der Waals surface area contributed by atoms with E-state index >= 15 is 0 Å². The minimum Gasteiger partial charge on any atom is -0.315 e. The van der Waals surface area contributed by atoms with Crippen molar-refractivity contribution in [3.8, 4) is 0 Å². The first kappa shape index (κ1) is 9.68. The van der Waals surface area contributed by atoms with Crippen molar-refractivity contribution < 1.29 is 0 Å². The monoisotopic (exact) mass is 194 g/mol. The SMILES string of the molecule is CN(Cc1ccn[nH]1)C1(C)CCNC1. The molecule has 78 valence electrons. The second kappa shape index (κ2) is 3.71. The van der Waals surface area contributed by atoms with Crippen LogP contribution >= 0.6 is 0 Å². The molecule has 1 unspecified atom stereocenters. The summed E-state index contributed by atoms with van der Waals surface area (Å²) in [6.45, 7) is 5.46. The summed E-state index contributed by atoms with van der Waals surface area (Å²) in [4.78, 5) is 2.39. The number of aromatic amines is 1. The molecule has 1 atom stereocenters. The third-order valence-corrected chi connectivity index (χ3v) is 3.23. The highest BCUT2D eigenvalue weighted by Gasteiger charge is 2.32. The van der Waals surface area contributed by atoms with Gasteiger partial charge in [0.05, 0.1) is 0 Å². The third kappa shape index (κ3) is 1.81. The minimum atomic E-state index is 0.297. The molecule has 0 radical (unpaired) electrons. The molecule has 2 heterocycles. The number of hydrogen-bond acceptors (Lipinski definition) is 3. The van der Waals surface area contributed by atoms with Crippen LogP contribution in [0.2, 0.25) is 0 Å². The van der Waals surface area contributed by atoms with Crippen molar-refractivity contribution in [2.75, 3.05) is 20.1 Å². The standard InChI is InChI=1S/C10H18N4/c1-10(4-6-11-8-10)14(2)7-9-3-5-12-13-9/h3,5,11H,4,6-8H2,1-2H3,(H,12,13). The third-order valence-electron chi connectivity index (χ3n) is 3.23. The van der Waals surface area contributed by atoms with Crippen LogP contribution in [0, 0.1) is 0 Å². The Kier molecular flexibility index (Phi) is 2.56. The highest BCUT2D eigenvalue weighted by atomic mass is 15.2. The zero-order valence-corrected chi connectivity index (χ0v) is 8.88. The van der Waals surface area contributed by atoms with Crippen LogP contribution in [0.25, 0.3) is 0 Å². The molecule has 1 aliphatic heterocycles. The second-order valence-electron chi connectivity index (χ2n) is 4.36. The van der Waals surface area contributed by atoms with Crippen LogP contribution in [0.4, 0.5) is 0 Å². The van der Waals surface area contributed by atoms with Gasteiger partial charge in [0, 0.05) is 30.5 Å². The van der Waals surface area contributed by atoms with Gasteiger partial charge in [0.15, 0.2) is 0 Å². The van der Waals surface area contributed by atoms with Crippen molar-refractivity contribution in [1.29, 1.82) is 0 Å². The molecule has 0 amide bonds. The van der Waals surface area contributed by atoms with Gasteiger partial charge in [-0.15, -0.1) is 0 Å². The first-order valence-electron chi connectivity index (χ1n) is 5.11. The Morgan fingerprint density at radius 3 is 3.07 bits per heavy atom. The summed E-state index contributed by atoms with van der Waals surface area (Å²) in [6, 6.07) is 2.03. The summed E-state index contributed by atoms with van der Waals surface area (Å²) in [5.41, 5.74) is 1.48. The molecule has 2 rings (SSSR count). The molecule has 0 aromatic carbocycles. The first-order valence-corrected chi connectivity index (χ1v) is 5.11. The van der Waals surface area contributed by atoms with E-state index in [1.165, 1.54) is 12.1 Å². The highest BCUT2D eigenvalue weighted by molar-refractivity contribution is 5.00. The summed E-state index contributed by atoms with van der Waals surface area (Å²) in [5, 5.41) is 10.4. The van der Waals surface area contributed by atoms with E-state index in [1.54, 1.807) is 6.20 Å². The van der Waals surface area contributed by atoms with Crippen LogP contribution in [0.15, 0.2) is 12.3 Å². The molecule has 1 aromatic rings. The maximum absolute atomic E-state index is 3.96. The maximum Gasteiger partial charge on any atom is 0.0492 e. The topological polar surface area (TPSA) is 44.0 Å².